The number of rotatable bonds is 5. The third-order valence-electron chi connectivity index (χ3n) is 1.93. The molecule has 0 aliphatic rings. The van der Waals surface area contributed by atoms with Crippen molar-refractivity contribution in [2.24, 2.45) is 5.73 Å². The number of carbonyl (C=O) groups is 1. The fourth-order valence-electron chi connectivity index (χ4n) is 1.10. The Balaban J connectivity index is 2.43. The molecule has 0 radical (unpaired) electrons. The number of nitrogens with two attached hydrogens (primary N) is 1. The van der Waals surface area contributed by atoms with Crippen LogP contribution in [0.25, 0.3) is 0 Å². The smallest absolute Gasteiger partial charge is 0.389 e. The minimum atomic E-state index is -4.29. The molecule has 9 heteroatoms. The molecule has 104 valence electrons. The molecule has 0 saturated carbocycles. The van der Waals surface area contributed by atoms with Gasteiger partial charge in [0.15, 0.2) is 0 Å². The molecule has 0 fully saturated rings. The van der Waals surface area contributed by atoms with Gasteiger partial charge in [0.2, 0.25) is 0 Å². The second-order valence-electron chi connectivity index (χ2n) is 3.35. The zero-order chi connectivity index (χ0) is 14.5. The number of hydrogen-bond acceptors (Lipinski definition) is 4. The van der Waals surface area contributed by atoms with Crippen LogP contribution in [0.4, 0.5) is 13.2 Å². The average molecular weight is 309 g/mol. The number of amides is 1. The molecule has 0 aliphatic carbocycles. The number of hydrogen-bond donors (Lipinski definition) is 2. The van der Waals surface area contributed by atoms with Gasteiger partial charge in [-0.25, -0.2) is 0 Å². The first-order valence-electron chi connectivity index (χ1n) is 5.04. The van der Waals surface area contributed by atoms with Crippen molar-refractivity contribution >= 4 is 34.9 Å². The first-order chi connectivity index (χ1) is 8.79. The Labute approximate surface area is 117 Å². The molecule has 1 heterocycles. The van der Waals surface area contributed by atoms with E-state index >= 15 is 0 Å². The zero-order valence-corrected chi connectivity index (χ0v) is 11.2. The SMILES string of the molecule is NC(=S)c1ccc(C(=O)NCCSC(F)(F)F)nc1. The maximum Gasteiger partial charge on any atom is 0.441 e. The van der Waals surface area contributed by atoms with Crippen LogP contribution < -0.4 is 11.1 Å². The van der Waals surface area contributed by atoms with Crippen molar-refractivity contribution < 1.29 is 18.0 Å². The lowest BCUT2D eigenvalue weighted by Crippen LogP contribution is -2.27. The van der Waals surface area contributed by atoms with Crippen LogP contribution in [0, 0.1) is 0 Å². The third kappa shape index (κ3) is 5.88. The van der Waals surface area contributed by atoms with Crippen molar-refractivity contribution in [1.82, 2.24) is 10.3 Å². The van der Waals surface area contributed by atoms with Gasteiger partial charge in [-0.2, -0.15) is 13.2 Å². The minimum Gasteiger partial charge on any atom is -0.389 e. The molecule has 0 aliphatic heterocycles. The van der Waals surface area contributed by atoms with Crippen molar-refractivity contribution in [3.8, 4) is 0 Å². The molecule has 0 atom stereocenters. The minimum absolute atomic E-state index is 0.0945. The number of aromatic nitrogens is 1. The lowest BCUT2D eigenvalue weighted by atomic mass is 10.2. The van der Waals surface area contributed by atoms with Crippen LogP contribution in [0.15, 0.2) is 18.3 Å². The van der Waals surface area contributed by atoms with Crippen LogP contribution in [-0.4, -0.2) is 33.7 Å². The first kappa shape index (κ1) is 15.7. The van der Waals surface area contributed by atoms with Gasteiger partial charge < -0.3 is 11.1 Å². The predicted octanol–water partition coefficient (Wildman–Crippen LogP) is 1.70. The van der Waals surface area contributed by atoms with Gasteiger partial charge in [-0.15, -0.1) is 0 Å². The van der Waals surface area contributed by atoms with Crippen LogP contribution in [-0.2, 0) is 0 Å². The van der Waals surface area contributed by atoms with E-state index in [-0.39, 0.29) is 34.7 Å². The summed E-state index contributed by atoms with van der Waals surface area (Å²) < 4.78 is 35.5. The molecule has 1 amide bonds. The van der Waals surface area contributed by atoms with Crippen LogP contribution in [0.5, 0.6) is 0 Å². The van der Waals surface area contributed by atoms with E-state index in [1.807, 2.05) is 0 Å². The largest absolute Gasteiger partial charge is 0.441 e. The molecule has 0 spiro atoms. The number of thiocarbonyl (C=S) groups is 1. The normalized spacial score (nSPS) is 11.1. The molecule has 0 bridgehead atoms. The quantitative estimate of drug-likeness (QED) is 0.640. The molecule has 0 unspecified atom stereocenters. The summed E-state index contributed by atoms with van der Waals surface area (Å²) in [5.41, 5.74) is 1.68. The van der Waals surface area contributed by atoms with Gasteiger partial charge in [0.1, 0.15) is 10.7 Å². The molecule has 1 aromatic rings. The van der Waals surface area contributed by atoms with Gasteiger partial charge >= 0.3 is 5.51 Å². The van der Waals surface area contributed by atoms with Crippen molar-refractivity contribution in [2.45, 2.75) is 5.51 Å². The summed E-state index contributed by atoms with van der Waals surface area (Å²) >= 11 is 4.53. The molecular weight excluding hydrogens is 299 g/mol. The summed E-state index contributed by atoms with van der Waals surface area (Å²) in [5.74, 6) is -0.794. The van der Waals surface area contributed by atoms with Crippen molar-refractivity contribution in [3.63, 3.8) is 0 Å². The Bertz CT molecular complexity index is 462. The summed E-state index contributed by atoms with van der Waals surface area (Å²) in [5, 5.41) is 2.33. The number of pyridine rings is 1. The van der Waals surface area contributed by atoms with Crippen molar-refractivity contribution in [2.75, 3.05) is 12.3 Å². The monoisotopic (exact) mass is 309 g/mol. The fraction of sp³-hybridized carbons (Fsp3) is 0.300. The van der Waals surface area contributed by atoms with Crippen molar-refractivity contribution in [3.05, 3.63) is 29.6 Å². The molecule has 1 aromatic heterocycles. The Morgan fingerprint density at radius 3 is 2.63 bits per heavy atom. The van der Waals surface area contributed by atoms with Gasteiger partial charge in [0, 0.05) is 24.1 Å². The molecule has 4 nitrogen and oxygen atoms in total. The lowest BCUT2D eigenvalue weighted by molar-refractivity contribution is -0.0327. The maximum absolute atomic E-state index is 11.8. The number of nitrogens with zero attached hydrogens (tertiary/aromatic N) is 1. The standard InChI is InChI=1S/C10H10F3N3OS2/c11-10(12,13)19-4-3-15-9(17)7-2-1-6(5-16-7)8(14)18/h1-2,5H,3-4H2,(H2,14,18)(H,15,17). The lowest BCUT2D eigenvalue weighted by Gasteiger charge is -2.07. The summed E-state index contributed by atoms with van der Waals surface area (Å²) in [4.78, 5) is 15.5. The number of thioether (sulfide) groups is 1. The highest BCUT2D eigenvalue weighted by Crippen LogP contribution is 2.29. The Hall–Kier alpha value is -1.35. The third-order valence-corrected chi connectivity index (χ3v) is 2.91. The maximum atomic E-state index is 11.8. The Morgan fingerprint density at radius 2 is 2.16 bits per heavy atom. The Kier molecular flexibility index (Phi) is 5.55. The molecule has 0 aromatic carbocycles. The van der Waals surface area contributed by atoms with Gasteiger partial charge in [0.05, 0.1) is 0 Å². The van der Waals surface area contributed by atoms with E-state index in [9.17, 15) is 18.0 Å². The van der Waals surface area contributed by atoms with Crippen LogP contribution in [0.1, 0.15) is 16.1 Å². The van der Waals surface area contributed by atoms with E-state index < -0.39 is 11.4 Å². The number of carbonyl (C=O) groups excluding carboxylic acids is 1. The van der Waals surface area contributed by atoms with E-state index in [0.29, 0.717) is 5.56 Å². The van der Waals surface area contributed by atoms with E-state index in [1.165, 1.54) is 18.3 Å². The van der Waals surface area contributed by atoms with Gasteiger partial charge in [-0.05, 0) is 23.9 Å². The number of halogens is 3. The van der Waals surface area contributed by atoms with E-state index in [4.69, 9.17) is 18.0 Å². The topological polar surface area (TPSA) is 68.0 Å². The summed E-state index contributed by atoms with van der Waals surface area (Å²) in [6.07, 6.45) is 1.34. The predicted molar refractivity (Wildman–Crippen MR) is 71.0 cm³/mol. The van der Waals surface area contributed by atoms with Gasteiger partial charge in [0.25, 0.3) is 5.91 Å². The van der Waals surface area contributed by atoms with Gasteiger partial charge in [-0.3, -0.25) is 9.78 Å². The highest BCUT2D eigenvalue weighted by atomic mass is 32.2. The average Bonchev–Trinajstić information content (AvgIpc) is 2.33. The highest BCUT2D eigenvalue weighted by molar-refractivity contribution is 8.00. The molecular formula is C10H10F3N3OS2. The molecule has 19 heavy (non-hydrogen) atoms. The van der Waals surface area contributed by atoms with Crippen LogP contribution in [0.2, 0.25) is 0 Å². The van der Waals surface area contributed by atoms with Gasteiger partial charge in [-0.1, -0.05) is 12.2 Å². The van der Waals surface area contributed by atoms with Crippen molar-refractivity contribution in [1.29, 1.82) is 0 Å². The van der Waals surface area contributed by atoms with Crippen LogP contribution >= 0.6 is 24.0 Å². The number of nitrogens with one attached hydrogen (secondary N) is 1. The zero-order valence-electron chi connectivity index (χ0n) is 9.53. The summed E-state index contributed by atoms with van der Waals surface area (Å²) in [6.45, 7) is -0.0955. The molecule has 3 N–H and O–H groups in total. The Morgan fingerprint density at radius 1 is 1.47 bits per heavy atom. The van der Waals surface area contributed by atoms with Crippen LogP contribution in [0.3, 0.4) is 0 Å². The van der Waals surface area contributed by atoms with E-state index in [1.54, 1.807) is 0 Å². The molecule has 0 saturated heterocycles. The second kappa shape index (κ2) is 6.71. The first-order valence-corrected chi connectivity index (χ1v) is 6.44. The number of alkyl halides is 3. The molecule has 1 rings (SSSR count). The summed E-state index contributed by atoms with van der Waals surface area (Å²) in [7, 11) is 0. The fourth-order valence-corrected chi connectivity index (χ4v) is 1.65. The summed E-state index contributed by atoms with van der Waals surface area (Å²) in [6, 6.07) is 2.93. The van der Waals surface area contributed by atoms with E-state index in [0.717, 1.165) is 0 Å². The van der Waals surface area contributed by atoms with E-state index in [2.05, 4.69) is 10.3 Å². The highest BCUT2D eigenvalue weighted by Gasteiger charge is 2.27. The second-order valence-corrected chi connectivity index (χ2v) is 4.95.